The van der Waals surface area contributed by atoms with Crippen LogP contribution >= 0.6 is 11.8 Å². The Bertz CT molecular complexity index is 204. The van der Waals surface area contributed by atoms with Crippen molar-refractivity contribution in [3.8, 4) is 0 Å². The molecule has 2 fully saturated rings. The lowest BCUT2D eigenvalue weighted by atomic mass is 9.94. The second kappa shape index (κ2) is 7.65. The largest absolute Gasteiger partial charge is 0.314 e. The highest BCUT2D eigenvalue weighted by Crippen LogP contribution is 2.25. The molecular weight excluding hydrogens is 228 g/mol. The Labute approximate surface area is 111 Å². The summed E-state index contributed by atoms with van der Waals surface area (Å²) in [6.07, 6.45) is 7.19. The van der Waals surface area contributed by atoms with E-state index in [2.05, 4.69) is 28.9 Å². The number of nitrogens with one attached hydrogen (secondary N) is 1. The van der Waals surface area contributed by atoms with Crippen molar-refractivity contribution in [1.29, 1.82) is 0 Å². The van der Waals surface area contributed by atoms with Gasteiger partial charge in [-0.2, -0.15) is 11.8 Å². The van der Waals surface area contributed by atoms with E-state index in [0.29, 0.717) is 0 Å². The van der Waals surface area contributed by atoms with E-state index in [1.807, 2.05) is 0 Å². The Kier molecular flexibility index (Phi) is 6.16. The molecule has 2 rings (SSSR count). The van der Waals surface area contributed by atoms with Gasteiger partial charge in [0.25, 0.3) is 0 Å². The highest BCUT2D eigenvalue weighted by molar-refractivity contribution is 7.99. The molecule has 2 atom stereocenters. The average Bonchev–Trinajstić information content (AvgIpc) is 2.57. The van der Waals surface area contributed by atoms with Gasteiger partial charge in [-0.15, -0.1) is 0 Å². The molecule has 0 aromatic carbocycles. The van der Waals surface area contributed by atoms with Gasteiger partial charge < -0.3 is 10.2 Å². The fourth-order valence-corrected chi connectivity index (χ4v) is 4.23. The Morgan fingerprint density at radius 1 is 1.12 bits per heavy atom. The molecule has 1 aliphatic carbocycles. The van der Waals surface area contributed by atoms with Crippen LogP contribution in [0, 0.1) is 5.92 Å². The molecular formula is C14H28N2S. The van der Waals surface area contributed by atoms with Gasteiger partial charge in [-0.05, 0) is 25.3 Å². The molecule has 1 heterocycles. The van der Waals surface area contributed by atoms with Crippen molar-refractivity contribution in [1.82, 2.24) is 10.2 Å². The molecule has 1 aliphatic heterocycles. The summed E-state index contributed by atoms with van der Waals surface area (Å²) in [5, 5.41) is 3.73. The number of rotatable bonds is 4. The van der Waals surface area contributed by atoms with E-state index < -0.39 is 0 Å². The van der Waals surface area contributed by atoms with Gasteiger partial charge in [-0.3, -0.25) is 0 Å². The molecule has 0 aromatic heterocycles. The summed E-state index contributed by atoms with van der Waals surface area (Å²) in [6, 6.07) is 0.789. The van der Waals surface area contributed by atoms with E-state index in [-0.39, 0.29) is 0 Å². The van der Waals surface area contributed by atoms with Crippen molar-refractivity contribution in [2.45, 2.75) is 45.1 Å². The maximum absolute atomic E-state index is 3.73. The summed E-state index contributed by atoms with van der Waals surface area (Å²) in [7, 11) is 0. The molecule has 0 amide bonds. The van der Waals surface area contributed by atoms with Crippen LogP contribution in [0.2, 0.25) is 0 Å². The summed E-state index contributed by atoms with van der Waals surface area (Å²) in [5.74, 6) is 3.59. The van der Waals surface area contributed by atoms with E-state index >= 15 is 0 Å². The first-order valence-electron chi connectivity index (χ1n) is 7.43. The molecule has 1 saturated carbocycles. The van der Waals surface area contributed by atoms with Crippen molar-refractivity contribution in [3.63, 3.8) is 0 Å². The quantitative estimate of drug-likeness (QED) is 0.778. The normalized spacial score (nSPS) is 32.3. The van der Waals surface area contributed by atoms with Crippen molar-refractivity contribution in [2.75, 3.05) is 37.7 Å². The fourth-order valence-electron chi connectivity index (χ4n) is 3.25. The second-order valence-electron chi connectivity index (χ2n) is 5.48. The molecule has 0 aromatic rings. The maximum Gasteiger partial charge on any atom is 0.0107 e. The first-order chi connectivity index (χ1) is 8.40. The van der Waals surface area contributed by atoms with E-state index in [4.69, 9.17) is 0 Å². The molecule has 2 unspecified atom stereocenters. The number of nitrogens with zero attached hydrogens (tertiary/aromatic N) is 1. The van der Waals surface area contributed by atoms with Crippen LogP contribution in [0.15, 0.2) is 0 Å². The van der Waals surface area contributed by atoms with E-state index in [9.17, 15) is 0 Å². The molecule has 1 saturated heterocycles. The van der Waals surface area contributed by atoms with Crippen LogP contribution < -0.4 is 5.32 Å². The lowest BCUT2D eigenvalue weighted by molar-refractivity contribution is 0.208. The van der Waals surface area contributed by atoms with Crippen molar-refractivity contribution >= 4 is 11.8 Å². The highest BCUT2D eigenvalue weighted by Gasteiger charge is 2.25. The topological polar surface area (TPSA) is 15.3 Å². The van der Waals surface area contributed by atoms with Gasteiger partial charge in [0.15, 0.2) is 0 Å². The Balaban J connectivity index is 1.84. The zero-order valence-electron chi connectivity index (χ0n) is 11.3. The average molecular weight is 256 g/mol. The summed E-state index contributed by atoms with van der Waals surface area (Å²) in [5.41, 5.74) is 0. The molecule has 100 valence electrons. The first-order valence-corrected chi connectivity index (χ1v) is 8.59. The lowest BCUT2D eigenvalue weighted by Crippen LogP contribution is -2.44. The summed E-state index contributed by atoms with van der Waals surface area (Å²) in [6.45, 7) is 7.37. The molecule has 1 N–H and O–H groups in total. The summed E-state index contributed by atoms with van der Waals surface area (Å²) in [4.78, 5) is 2.71. The van der Waals surface area contributed by atoms with Gasteiger partial charge >= 0.3 is 0 Å². The Morgan fingerprint density at radius 3 is 2.65 bits per heavy atom. The van der Waals surface area contributed by atoms with E-state index in [0.717, 1.165) is 18.5 Å². The Hall–Kier alpha value is 0.270. The fraction of sp³-hybridized carbons (Fsp3) is 1.00. The number of hydrogen-bond acceptors (Lipinski definition) is 3. The van der Waals surface area contributed by atoms with Crippen molar-refractivity contribution < 1.29 is 0 Å². The zero-order valence-corrected chi connectivity index (χ0v) is 12.1. The van der Waals surface area contributed by atoms with Crippen LogP contribution in [0.4, 0.5) is 0 Å². The van der Waals surface area contributed by atoms with Gasteiger partial charge in [-0.25, -0.2) is 0 Å². The monoisotopic (exact) mass is 256 g/mol. The molecule has 2 nitrogen and oxygen atoms in total. The van der Waals surface area contributed by atoms with Crippen LogP contribution in [-0.2, 0) is 0 Å². The third-order valence-corrected chi connectivity index (χ3v) is 5.16. The molecule has 0 spiro atoms. The number of thioether (sulfide) groups is 1. The molecule has 0 radical (unpaired) electrons. The molecule has 2 aliphatic rings. The smallest absolute Gasteiger partial charge is 0.0107 e. The van der Waals surface area contributed by atoms with Gasteiger partial charge in [0.05, 0.1) is 0 Å². The molecule has 17 heavy (non-hydrogen) atoms. The number of hydrogen-bond donors (Lipinski definition) is 1. The Morgan fingerprint density at radius 2 is 1.88 bits per heavy atom. The van der Waals surface area contributed by atoms with Crippen LogP contribution in [0.25, 0.3) is 0 Å². The van der Waals surface area contributed by atoms with Crippen molar-refractivity contribution in [2.24, 2.45) is 5.92 Å². The van der Waals surface area contributed by atoms with Crippen LogP contribution in [0.5, 0.6) is 0 Å². The van der Waals surface area contributed by atoms with Crippen LogP contribution in [0.1, 0.15) is 39.0 Å². The third kappa shape index (κ3) is 4.46. The predicted octanol–water partition coefficient (Wildman–Crippen LogP) is 2.59. The zero-order chi connectivity index (χ0) is 11.9. The molecule has 3 heteroatoms. The third-order valence-electron chi connectivity index (χ3n) is 4.22. The minimum absolute atomic E-state index is 0.789. The van der Waals surface area contributed by atoms with E-state index in [1.165, 1.54) is 63.2 Å². The minimum Gasteiger partial charge on any atom is -0.314 e. The predicted molar refractivity (Wildman–Crippen MR) is 77.8 cm³/mol. The second-order valence-corrected chi connectivity index (χ2v) is 6.70. The summed E-state index contributed by atoms with van der Waals surface area (Å²) < 4.78 is 0. The maximum atomic E-state index is 3.73. The van der Waals surface area contributed by atoms with Gasteiger partial charge in [0.2, 0.25) is 0 Å². The standard InChI is InChI=1S/C14H28N2S/c1-2-15-14-7-5-3-4-6-13(14)12-16-8-10-17-11-9-16/h13-15H,2-12H2,1H3. The SMILES string of the molecule is CCNC1CCCCCC1CN1CCSCC1. The van der Waals surface area contributed by atoms with Crippen LogP contribution in [-0.4, -0.2) is 48.6 Å². The first kappa shape index (κ1) is 13.7. The molecule has 0 bridgehead atoms. The summed E-state index contributed by atoms with van der Waals surface area (Å²) >= 11 is 2.12. The van der Waals surface area contributed by atoms with Crippen LogP contribution in [0.3, 0.4) is 0 Å². The van der Waals surface area contributed by atoms with E-state index in [1.54, 1.807) is 0 Å². The minimum atomic E-state index is 0.789. The highest BCUT2D eigenvalue weighted by atomic mass is 32.2. The van der Waals surface area contributed by atoms with Gasteiger partial charge in [-0.1, -0.05) is 26.2 Å². The lowest BCUT2D eigenvalue weighted by Gasteiger charge is -2.33. The van der Waals surface area contributed by atoms with Crippen molar-refractivity contribution in [3.05, 3.63) is 0 Å². The van der Waals surface area contributed by atoms with Gasteiger partial charge in [0, 0.05) is 37.2 Å². The van der Waals surface area contributed by atoms with Gasteiger partial charge in [0.1, 0.15) is 0 Å².